The van der Waals surface area contributed by atoms with Gasteiger partial charge in [-0.05, 0) is 11.4 Å². The lowest BCUT2D eigenvalue weighted by atomic mass is 10.4. The van der Waals surface area contributed by atoms with E-state index in [1.807, 2.05) is 0 Å². The summed E-state index contributed by atoms with van der Waals surface area (Å²) >= 11 is 3.54. The fourth-order valence-electron chi connectivity index (χ4n) is 0.778. The molecule has 0 fully saturated rings. The third kappa shape index (κ3) is 0.843. The van der Waals surface area contributed by atoms with Gasteiger partial charge < -0.3 is 0 Å². The molecule has 0 saturated heterocycles. The molecule has 2 aromatic heterocycles. The SMILES string of the molecule is c1cc2cc[s+]cc2s1. The molecule has 0 bridgehead atoms. The highest BCUT2D eigenvalue weighted by molar-refractivity contribution is 7.19. The zero-order valence-corrected chi connectivity index (χ0v) is 6.34. The molecule has 2 heterocycles. The van der Waals surface area contributed by atoms with Gasteiger partial charge in [-0.2, -0.15) is 0 Å². The molecule has 44 valence electrons. The Bertz CT molecular complexity index is 281. The van der Waals surface area contributed by atoms with E-state index < -0.39 is 0 Å². The van der Waals surface area contributed by atoms with Crippen molar-refractivity contribution in [3.05, 3.63) is 28.3 Å². The Labute approximate surface area is 61.4 Å². The van der Waals surface area contributed by atoms with Crippen molar-refractivity contribution >= 4 is 32.8 Å². The molecule has 2 heteroatoms. The molecule has 0 radical (unpaired) electrons. The molecule has 0 amide bonds. The number of hydrogen-bond donors (Lipinski definition) is 0. The van der Waals surface area contributed by atoms with E-state index in [4.69, 9.17) is 0 Å². The van der Waals surface area contributed by atoms with Crippen molar-refractivity contribution in [2.45, 2.75) is 0 Å². The summed E-state index contributed by atoms with van der Waals surface area (Å²) in [6.45, 7) is 0. The Kier molecular flexibility index (Phi) is 1.21. The third-order valence-electron chi connectivity index (χ3n) is 1.23. The Hall–Kier alpha value is -0.470. The van der Waals surface area contributed by atoms with E-state index >= 15 is 0 Å². The second-order valence-electron chi connectivity index (χ2n) is 1.80. The largest absolute Gasteiger partial charge is 0.213 e. The second kappa shape index (κ2) is 2.05. The van der Waals surface area contributed by atoms with Crippen molar-refractivity contribution in [1.82, 2.24) is 0 Å². The second-order valence-corrected chi connectivity index (χ2v) is 3.52. The van der Waals surface area contributed by atoms with Gasteiger partial charge in [-0.25, -0.2) is 0 Å². The summed E-state index contributed by atoms with van der Waals surface area (Å²) in [7, 11) is 0. The minimum Gasteiger partial charge on any atom is -0.139 e. The zero-order chi connectivity index (χ0) is 6.10. The van der Waals surface area contributed by atoms with E-state index in [1.54, 1.807) is 22.7 Å². The maximum absolute atomic E-state index is 2.18. The molecule has 0 unspecified atom stereocenters. The van der Waals surface area contributed by atoms with E-state index in [-0.39, 0.29) is 0 Å². The van der Waals surface area contributed by atoms with Crippen LogP contribution in [0.5, 0.6) is 0 Å². The average Bonchev–Trinajstić information content (AvgIpc) is 2.33. The molecular formula is C7H5S2+. The van der Waals surface area contributed by atoms with Crippen LogP contribution in [0.3, 0.4) is 0 Å². The van der Waals surface area contributed by atoms with Gasteiger partial charge in [-0.3, -0.25) is 0 Å². The van der Waals surface area contributed by atoms with E-state index in [2.05, 4.69) is 28.3 Å². The van der Waals surface area contributed by atoms with Gasteiger partial charge in [0.15, 0.2) is 5.38 Å². The van der Waals surface area contributed by atoms with Crippen LogP contribution >= 0.6 is 22.7 Å². The van der Waals surface area contributed by atoms with Crippen LogP contribution in [0.1, 0.15) is 0 Å². The maximum atomic E-state index is 2.18. The van der Waals surface area contributed by atoms with E-state index in [0.29, 0.717) is 0 Å². The highest BCUT2D eigenvalue weighted by Gasteiger charge is 1.96. The maximum Gasteiger partial charge on any atom is 0.213 e. The van der Waals surface area contributed by atoms with E-state index in [1.165, 1.54) is 10.1 Å². The quantitative estimate of drug-likeness (QED) is 0.510. The predicted octanol–water partition coefficient (Wildman–Crippen LogP) is 3.24. The van der Waals surface area contributed by atoms with Gasteiger partial charge in [-0.1, -0.05) is 0 Å². The molecule has 0 N–H and O–H groups in total. The summed E-state index contributed by atoms with van der Waals surface area (Å²) in [5, 5.41) is 7.77. The van der Waals surface area contributed by atoms with E-state index in [9.17, 15) is 0 Å². The van der Waals surface area contributed by atoms with Crippen LogP contribution in [-0.4, -0.2) is 0 Å². The molecule has 0 nitrogen and oxygen atoms in total. The van der Waals surface area contributed by atoms with Crippen molar-refractivity contribution in [2.75, 3.05) is 0 Å². The Balaban J connectivity index is 2.95. The smallest absolute Gasteiger partial charge is 0.139 e. The van der Waals surface area contributed by atoms with E-state index in [0.717, 1.165) is 0 Å². The highest BCUT2D eigenvalue weighted by Crippen LogP contribution is 2.21. The van der Waals surface area contributed by atoms with Gasteiger partial charge in [0.1, 0.15) is 0 Å². The fraction of sp³-hybridized carbons (Fsp3) is 0. The van der Waals surface area contributed by atoms with Crippen LogP contribution in [0.2, 0.25) is 0 Å². The first kappa shape index (κ1) is 5.33. The van der Waals surface area contributed by atoms with Crippen molar-refractivity contribution in [1.29, 1.82) is 0 Å². The van der Waals surface area contributed by atoms with Crippen molar-refractivity contribution in [3.8, 4) is 0 Å². The molecule has 2 rings (SSSR count). The lowest BCUT2D eigenvalue weighted by Crippen LogP contribution is -1.52. The molecule has 0 atom stereocenters. The zero-order valence-electron chi connectivity index (χ0n) is 4.70. The molecule has 0 aliphatic carbocycles. The number of thiophene rings is 1. The molecule has 2 aromatic rings. The standard InChI is InChI=1S/C7H5S2/c1-3-8-5-7-6(1)2-4-9-7/h1-5H/q+1. The Morgan fingerprint density at radius 1 is 1.33 bits per heavy atom. The predicted molar refractivity (Wildman–Crippen MR) is 44.1 cm³/mol. The first-order chi connectivity index (χ1) is 4.47. The molecular weight excluding hydrogens is 148 g/mol. The van der Waals surface area contributed by atoms with Gasteiger partial charge >= 0.3 is 0 Å². The lowest BCUT2D eigenvalue weighted by molar-refractivity contribution is 2.06. The summed E-state index contributed by atoms with van der Waals surface area (Å²) in [6.07, 6.45) is 0. The van der Waals surface area contributed by atoms with Crippen molar-refractivity contribution < 1.29 is 0 Å². The normalized spacial score (nSPS) is 10.2. The van der Waals surface area contributed by atoms with Crippen LogP contribution in [-0.2, 0) is 0 Å². The fourth-order valence-corrected chi connectivity index (χ4v) is 2.36. The molecule has 0 aliphatic heterocycles. The number of rotatable bonds is 0. The monoisotopic (exact) mass is 153 g/mol. The summed E-state index contributed by atoms with van der Waals surface area (Å²) in [5.74, 6) is 0. The third-order valence-corrected chi connectivity index (χ3v) is 2.92. The van der Waals surface area contributed by atoms with Crippen LogP contribution < -0.4 is 0 Å². The lowest BCUT2D eigenvalue weighted by Gasteiger charge is -1.72. The number of hydrogen-bond acceptors (Lipinski definition) is 1. The van der Waals surface area contributed by atoms with Gasteiger partial charge in [-0.15, -0.1) is 11.3 Å². The molecule has 0 spiro atoms. The molecule has 0 aliphatic rings. The van der Waals surface area contributed by atoms with Crippen LogP contribution in [0.25, 0.3) is 10.1 Å². The average molecular weight is 153 g/mol. The summed E-state index contributed by atoms with van der Waals surface area (Å²) < 4.78 is 1.39. The van der Waals surface area contributed by atoms with Gasteiger partial charge in [0.05, 0.1) is 4.70 Å². The summed E-state index contributed by atoms with van der Waals surface area (Å²) in [6, 6.07) is 4.29. The Morgan fingerprint density at radius 3 is 3.22 bits per heavy atom. The minimum atomic E-state index is 1.36. The topological polar surface area (TPSA) is 0 Å². The molecule has 9 heavy (non-hydrogen) atoms. The minimum absolute atomic E-state index is 1.36. The van der Waals surface area contributed by atoms with Crippen molar-refractivity contribution in [3.63, 3.8) is 0 Å². The summed E-state index contributed by atoms with van der Waals surface area (Å²) in [5.41, 5.74) is 0. The van der Waals surface area contributed by atoms with Gasteiger partial charge in [0.2, 0.25) is 16.7 Å². The van der Waals surface area contributed by atoms with Gasteiger partial charge in [0, 0.05) is 11.5 Å². The molecule has 0 aromatic carbocycles. The first-order valence-corrected chi connectivity index (χ1v) is 4.52. The van der Waals surface area contributed by atoms with Gasteiger partial charge in [0.25, 0.3) is 0 Å². The van der Waals surface area contributed by atoms with Crippen LogP contribution in [0, 0.1) is 0 Å². The summed E-state index contributed by atoms with van der Waals surface area (Å²) in [4.78, 5) is 0. The van der Waals surface area contributed by atoms with Crippen LogP contribution in [0.15, 0.2) is 28.3 Å². The highest BCUT2D eigenvalue weighted by atomic mass is 32.1. The Morgan fingerprint density at radius 2 is 2.33 bits per heavy atom. The van der Waals surface area contributed by atoms with Crippen LogP contribution in [0.4, 0.5) is 0 Å². The van der Waals surface area contributed by atoms with Crippen molar-refractivity contribution in [2.24, 2.45) is 0 Å². The molecule has 0 saturated carbocycles. The number of fused-ring (bicyclic) bond motifs is 1. The first-order valence-electron chi connectivity index (χ1n) is 2.69.